The van der Waals surface area contributed by atoms with E-state index in [1.54, 1.807) is 13.8 Å². The predicted octanol–water partition coefficient (Wildman–Crippen LogP) is 0.0796. The van der Waals surface area contributed by atoms with E-state index in [0.29, 0.717) is 11.5 Å². The van der Waals surface area contributed by atoms with Gasteiger partial charge in [-0.2, -0.15) is 0 Å². The van der Waals surface area contributed by atoms with Crippen LogP contribution in [0.3, 0.4) is 0 Å². The summed E-state index contributed by atoms with van der Waals surface area (Å²) in [6, 6.07) is 0. The zero-order chi connectivity index (χ0) is 15.3. The maximum Gasteiger partial charge on any atom is 0.325 e. The van der Waals surface area contributed by atoms with Gasteiger partial charge in [0, 0.05) is 0 Å². The third kappa shape index (κ3) is 3.56. The molecule has 1 rings (SSSR count). The van der Waals surface area contributed by atoms with Crippen molar-refractivity contribution in [2.75, 3.05) is 27.3 Å². The summed E-state index contributed by atoms with van der Waals surface area (Å²) in [6.45, 7) is 2.43. The maximum atomic E-state index is 12.4. The van der Waals surface area contributed by atoms with Gasteiger partial charge in [-0.05, 0) is 13.8 Å². The highest BCUT2D eigenvalue weighted by atomic mass is 16.5. The second-order valence-corrected chi connectivity index (χ2v) is 4.01. The van der Waals surface area contributed by atoms with E-state index in [1.807, 2.05) is 0 Å². The first-order valence-electron chi connectivity index (χ1n) is 5.76. The zero-order valence-electron chi connectivity index (χ0n) is 11.8. The van der Waals surface area contributed by atoms with Crippen molar-refractivity contribution in [2.45, 2.75) is 13.8 Å². The number of nitrogens with zero attached hydrogens (tertiary/aromatic N) is 2. The number of carbonyl (C=O) groups excluding carboxylic acids is 3. The number of carbonyl (C=O) groups is 3. The maximum absolute atomic E-state index is 12.4. The monoisotopic (exact) mass is 284 g/mol. The fourth-order valence-electron chi connectivity index (χ4n) is 1.59. The third-order valence-electron chi connectivity index (χ3n) is 2.63. The van der Waals surface area contributed by atoms with Crippen LogP contribution in [0, 0.1) is 13.8 Å². The topological polar surface area (TPSA) is 98.9 Å². The van der Waals surface area contributed by atoms with Crippen LogP contribution in [0.2, 0.25) is 0 Å². The van der Waals surface area contributed by atoms with Crippen LogP contribution in [-0.4, -0.2) is 55.2 Å². The average Bonchev–Trinajstić information content (AvgIpc) is 2.76. The van der Waals surface area contributed by atoms with E-state index in [-0.39, 0.29) is 18.7 Å². The molecule has 0 fully saturated rings. The van der Waals surface area contributed by atoms with Crippen molar-refractivity contribution in [3.05, 3.63) is 17.0 Å². The third-order valence-corrected chi connectivity index (χ3v) is 2.63. The molecule has 0 saturated carbocycles. The predicted molar refractivity (Wildman–Crippen MR) is 65.9 cm³/mol. The molecule has 8 nitrogen and oxygen atoms in total. The molecule has 1 heterocycles. The Morgan fingerprint density at radius 2 is 1.60 bits per heavy atom. The van der Waals surface area contributed by atoms with Crippen LogP contribution < -0.4 is 0 Å². The summed E-state index contributed by atoms with van der Waals surface area (Å²) in [4.78, 5) is 36.0. The molecule has 0 aliphatic heterocycles. The van der Waals surface area contributed by atoms with E-state index in [1.165, 1.54) is 14.2 Å². The van der Waals surface area contributed by atoms with E-state index >= 15 is 0 Å². The van der Waals surface area contributed by atoms with Crippen molar-refractivity contribution < 1.29 is 28.4 Å². The van der Waals surface area contributed by atoms with Gasteiger partial charge in [0.25, 0.3) is 5.91 Å². The average molecular weight is 284 g/mol. The lowest BCUT2D eigenvalue weighted by molar-refractivity contribution is -0.144. The first-order valence-corrected chi connectivity index (χ1v) is 5.76. The minimum atomic E-state index is -0.644. The number of amides is 1. The van der Waals surface area contributed by atoms with Gasteiger partial charge >= 0.3 is 11.9 Å². The Labute approximate surface area is 115 Å². The summed E-state index contributed by atoms with van der Waals surface area (Å²) >= 11 is 0. The smallest absolute Gasteiger partial charge is 0.325 e. The molecular weight excluding hydrogens is 268 g/mol. The molecule has 1 aromatic rings. The summed E-state index contributed by atoms with van der Waals surface area (Å²) in [5, 5.41) is 3.66. The molecule has 0 N–H and O–H groups in total. The molecule has 8 heteroatoms. The minimum Gasteiger partial charge on any atom is -0.468 e. The molecule has 0 bridgehead atoms. The molecule has 0 unspecified atom stereocenters. The van der Waals surface area contributed by atoms with Gasteiger partial charge in [-0.15, -0.1) is 0 Å². The van der Waals surface area contributed by atoms with Gasteiger partial charge in [0.2, 0.25) is 0 Å². The Morgan fingerprint density at radius 1 is 1.10 bits per heavy atom. The van der Waals surface area contributed by atoms with Gasteiger partial charge in [0.05, 0.1) is 19.9 Å². The molecule has 20 heavy (non-hydrogen) atoms. The van der Waals surface area contributed by atoms with E-state index in [0.717, 1.165) is 4.90 Å². The lowest BCUT2D eigenvalue weighted by Gasteiger charge is -2.19. The Morgan fingerprint density at radius 3 is 1.95 bits per heavy atom. The standard InChI is InChI=1S/C12H16N2O6/c1-7-11(8(2)20-13-7)12(17)14(5-9(15)18-3)6-10(16)19-4/h5-6H2,1-4H3. The normalized spacial score (nSPS) is 10.0. The lowest BCUT2D eigenvalue weighted by Crippen LogP contribution is -2.40. The summed E-state index contributed by atoms with van der Waals surface area (Å²) in [5.74, 6) is -1.52. The second kappa shape index (κ2) is 6.69. The Bertz CT molecular complexity index is 485. The zero-order valence-corrected chi connectivity index (χ0v) is 11.8. The van der Waals surface area contributed by atoms with Gasteiger partial charge in [0.1, 0.15) is 24.4 Å². The number of ether oxygens (including phenoxy) is 2. The first kappa shape index (κ1) is 15.7. The quantitative estimate of drug-likeness (QED) is 0.706. The molecule has 0 saturated heterocycles. The number of aryl methyl sites for hydroxylation is 2. The molecule has 0 aliphatic rings. The number of methoxy groups -OCH3 is 2. The number of esters is 2. The summed E-state index contributed by atoms with van der Waals surface area (Å²) in [7, 11) is 2.39. The molecule has 0 atom stereocenters. The molecule has 110 valence electrons. The molecule has 1 aromatic heterocycles. The highest BCUT2D eigenvalue weighted by Gasteiger charge is 2.27. The van der Waals surface area contributed by atoms with Crippen LogP contribution in [0.4, 0.5) is 0 Å². The number of rotatable bonds is 5. The highest BCUT2D eigenvalue weighted by Crippen LogP contribution is 2.15. The SMILES string of the molecule is COC(=O)CN(CC(=O)OC)C(=O)c1c(C)noc1C. The van der Waals surface area contributed by atoms with E-state index in [2.05, 4.69) is 14.6 Å². The van der Waals surface area contributed by atoms with Crippen LogP contribution in [-0.2, 0) is 19.1 Å². The fraction of sp³-hybridized carbons (Fsp3) is 0.500. The van der Waals surface area contributed by atoms with E-state index in [4.69, 9.17) is 4.52 Å². The molecule has 0 aliphatic carbocycles. The van der Waals surface area contributed by atoms with Gasteiger partial charge in [0.15, 0.2) is 0 Å². The fourth-order valence-corrected chi connectivity index (χ4v) is 1.59. The number of aromatic nitrogens is 1. The first-order chi connectivity index (χ1) is 9.40. The van der Waals surface area contributed by atoms with Crippen LogP contribution in [0.15, 0.2) is 4.52 Å². The number of hydrogen-bond acceptors (Lipinski definition) is 7. The molecular formula is C12H16N2O6. The van der Waals surface area contributed by atoms with Crippen molar-refractivity contribution >= 4 is 17.8 Å². The van der Waals surface area contributed by atoms with Crippen molar-refractivity contribution in [1.29, 1.82) is 0 Å². The van der Waals surface area contributed by atoms with Gasteiger partial charge in [-0.3, -0.25) is 14.4 Å². The molecule has 1 amide bonds. The van der Waals surface area contributed by atoms with Crippen molar-refractivity contribution in [3.63, 3.8) is 0 Å². The summed E-state index contributed by atoms with van der Waals surface area (Å²) in [6.07, 6.45) is 0. The van der Waals surface area contributed by atoms with E-state index < -0.39 is 17.8 Å². The van der Waals surface area contributed by atoms with Gasteiger partial charge < -0.3 is 18.9 Å². The van der Waals surface area contributed by atoms with Gasteiger partial charge in [-0.25, -0.2) is 0 Å². The van der Waals surface area contributed by atoms with Crippen molar-refractivity contribution in [1.82, 2.24) is 10.1 Å². The molecule has 0 spiro atoms. The minimum absolute atomic E-state index is 0.220. The largest absolute Gasteiger partial charge is 0.468 e. The summed E-state index contributed by atoms with van der Waals surface area (Å²) in [5.41, 5.74) is 0.602. The Balaban J connectivity index is 3.00. The van der Waals surface area contributed by atoms with Crippen LogP contribution >= 0.6 is 0 Å². The number of hydrogen-bond donors (Lipinski definition) is 0. The van der Waals surface area contributed by atoms with Crippen LogP contribution in [0.5, 0.6) is 0 Å². The Kier molecular flexibility index (Phi) is 5.24. The van der Waals surface area contributed by atoms with Gasteiger partial charge in [-0.1, -0.05) is 5.16 Å². The highest BCUT2D eigenvalue weighted by molar-refractivity contribution is 5.99. The van der Waals surface area contributed by atoms with Crippen molar-refractivity contribution in [3.8, 4) is 0 Å². The van der Waals surface area contributed by atoms with Crippen LogP contribution in [0.1, 0.15) is 21.8 Å². The van der Waals surface area contributed by atoms with Crippen molar-refractivity contribution in [2.24, 2.45) is 0 Å². The van der Waals surface area contributed by atoms with E-state index in [9.17, 15) is 14.4 Å². The second-order valence-electron chi connectivity index (χ2n) is 4.01. The van der Waals surface area contributed by atoms with Crippen LogP contribution in [0.25, 0.3) is 0 Å². The molecule has 0 aromatic carbocycles. The lowest BCUT2D eigenvalue weighted by atomic mass is 10.2. The Hall–Kier alpha value is -2.38. The molecule has 0 radical (unpaired) electrons. The summed E-state index contributed by atoms with van der Waals surface area (Å²) < 4.78 is 13.9.